The summed E-state index contributed by atoms with van der Waals surface area (Å²) in [6.07, 6.45) is 1.09. The molecule has 0 N–H and O–H groups in total. The van der Waals surface area contributed by atoms with Gasteiger partial charge in [-0.2, -0.15) is 5.10 Å². The topological polar surface area (TPSA) is 41.8 Å². The van der Waals surface area contributed by atoms with Crippen molar-refractivity contribution < 1.29 is 4.79 Å². The fourth-order valence-electron chi connectivity index (χ4n) is 1.48. The minimum atomic E-state index is -1.40. The monoisotopic (exact) mass is 344 g/mol. The number of Topliss-reactive ketones (excluding diaryl/α,β-unsaturated/α-hetero) is 1. The summed E-state index contributed by atoms with van der Waals surface area (Å²) in [6, 6.07) is 9.33. The number of carbonyl (C=O) groups is 1. The number of hydrogen-bond acceptors (Lipinski definition) is 6. The SMILES string of the molecule is CCCSS1(S)C=NN=C1SCC(=O)c1ccccc1. The number of benzene rings is 1. The van der Waals surface area contributed by atoms with Crippen LogP contribution in [0, 0.1) is 0 Å². The van der Waals surface area contributed by atoms with Crippen molar-refractivity contribution in [2.24, 2.45) is 10.2 Å². The van der Waals surface area contributed by atoms with Crippen molar-refractivity contribution in [3.05, 3.63) is 35.9 Å². The summed E-state index contributed by atoms with van der Waals surface area (Å²) >= 11 is 6.19. The summed E-state index contributed by atoms with van der Waals surface area (Å²) < 4.78 is 0.878. The minimum absolute atomic E-state index is 0.112. The first-order chi connectivity index (χ1) is 9.65. The molecular weight excluding hydrogens is 328 g/mol. The maximum Gasteiger partial charge on any atom is 0.173 e. The van der Waals surface area contributed by atoms with Gasteiger partial charge in [-0.25, -0.2) is 0 Å². The van der Waals surface area contributed by atoms with Gasteiger partial charge in [-0.15, -0.1) is 16.8 Å². The van der Waals surface area contributed by atoms with Crippen LogP contribution in [0.4, 0.5) is 0 Å². The Hall–Kier alpha value is -0.370. The summed E-state index contributed by atoms with van der Waals surface area (Å²) in [5.74, 6) is 1.52. The van der Waals surface area contributed by atoms with Gasteiger partial charge in [0.2, 0.25) is 0 Å². The van der Waals surface area contributed by atoms with Crippen molar-refractivity contribution in [2.75, 3.05) is 11.5 Å². The molecule has 0 bridgehead atoms. The molecule has 0 fully saturated rings. The van der Waals surface area contributed by atoms with Gasteiger partial charge in [0.05, 0.1) is 11.3 Å². The molecule has 1 aliphatic rings. The van der Waals surface area contributed by atoms with Crippen molar-refractivity contribution in [3.8, 4) is 0 Å². The van der Waals surface area contributed by atoms with Gasteiger partial charge in [0.15, 0.2) is 10.2 Å². The van der Waals surface area contributed by atoms with Gasteiger partial charge >= 0.3 is 0 Å². The lowest BCUT2D eigenvalue weighted by atomic mass is 10.2. The average Bonchev–Trinajstić information content (AvgIpc) is 2.85. The van der Waals surface area contributed by atoms with Crippen molar-refractivity contribution in [1.29, 1.82) is 0 Å². The van der Waals surface area contributed by atoms with Crippen molar-refractivity contribution in [3.63, 3.8) is 0 Å². The van der Waals surface area contributed by atoms with Crippen LogP contribution in [0.2, 0.25) is 0 Å². The van der Waals surface area contributed by atoms with E-state index in [2.05, 4.69) is 17.1 Å². The van der Waals surface area contributed by atoms with Gasteiger partial charge in [0.1, 0.15) is 0 Å². The summed E-state index contributed by atoms with van der Waals surface area (Å²) in [6.45, 7) is 2.14. The molecule has 0 amide bonds. The maximum atomic E-state index is 12.1. The predicted octanol–water partition coefficient (Wildman–Crippen LogP) is 4.62. The van der Waals surface area contributed by atoms with Gasteiger partial charge < -0.3 is 0 Å². The second-order valence-corrected chi connectivity index (χ2v) is 12.4. The van der Waals surface area contributed by atoms with E-state index < -0.39 is 8.09 Å². The first kappa shape index (κ1) is 16.0. The summed E-state index contributed by atoms with van der Waals surface area (Å²) in [5, 5.41) is 8.14. The third kappa shape index (κ3) is 4.07. The Labute approximate surface area is 133 Å². The molecule has 1 aromatic rings. The molecule has 1 unspecified atom stereocenters. The minimum Gasteiger partial charge on any atom is -0.293 e. The van der Waals surface area contributed by atoms with E-state index in [0.717, 1.165) is 22.1 Å². The highest BCUT2D eigenvalue weighted by Gasteiger charge is 2.30. The van der Waals surface area contributed by atoms with Crippen LogP contribution in [-0.4, -0.2) is 27.2 Å². The molecule has 108 valence electrons. The van der Waals surface area contributed by atoms with Crippen LogP contribution in [0.3, 0.4) is 0 Å². The quantitative estimate of drug-likeness (QED) is 0.465. The lowest BCUT2D eigenvalue weighted by molar-refractivity contribution is 0.102. The van der Waals surface area contributed by atoms with Crippen LogP contribution in [0.25, 0.3) is 0 Å². The zero-order valence-corrected chi connectivity index (χ0v) is 14.4. The van der Waals surface area contributed by atoms with Gasteiger partial charge in [-0.05, 0) is 6.42 Å². The smallest absolute Gasteiger partial charge is 0.173 e. The van der Waals surface area contributed by atoms with Gasteiger partial charge in [0, 0.05) is 11.3 Å². The second kappa shape index (κ2) is 7.59. The highest BCUT2D eigenvalue weighted by molar-refractivity contribution is 9.32. The Morgan fingerprint density at radius 3 is 2.80 bits per heavy atom. The first-order valence-electron chi connectivity index (χ1n) is 6.18. The average molecular weight is 345 g/mol. The number of ketones is 1. The standard InChI is InChI=1S/C13H16N2OS4/c1-2-8-19-20(17)10-14-15-13(20)18-9-12(16)11-6-4-3-5-7-11/h3-7,10,17H,2,8-9H2,1H3. The normalized spacial score (nSPS) is 24.2. The second-order valence-electron chi connectivity index (χ2n) is 4.06. The molecular formula is C13H16N2OS4. The molecule has 2 rings (SSSR count). The fraction of sp³-hybridized carbons (Fsp3) is 0.308. The van der Waals surface area contributed by atoms with Crippen LogP contribution >= 0.6 is 42.3 Å². The summed E-state index contributed by atoms with van der Waals surface area (Å²) in [5.41, 5.74) is 2.56. The predicted molar refractivity (Wildman–Crippen MR) is 98.5 cm³/mol. The van der Waals surface area contributed by atoms with Crippen LogP contribution in [0.1, 0.15) is 23.7 Å². The largest absolute Gasteiger partial charge is 0.293 e. The van der Waals surface area contributed by atoms with E-state index >= 15 is 0 Å². The molecule has 0 aromatic heterocycles. The molecule has 1 aromatic carbocycles. The molecule has 0 aliphatic carbocycles. The van der Waals surface area contributed by atoms with Crippen molar-refractivity contribution in [1.82, 2.24) is 0 Å². The van der Waals surface area contributed by atoms with Crippen LogP contribution < -0.4 is 0 Å². The highest BCUT2D eigenvalue weighted by Crippen LogP contribution is 2.67. The Morgan fingerprint density at radius 1 is 1.35 bits per heavy atom. The maximum absolute atomic E-state index is 12.1. The van der Waals surface area contributed by atoms with Crippen LogP contribution in [-0.2, 0) is 0 Å². The van der Waals surface area contributed by atoms with E-state index in [4.69, 9.17) is 11.7 Å². The zero-order valence-electron chi connectivity index (χ0n) is 11.1. The Morgan fingerprint density at radius 2 is 2.10 bits per heavy atom. The Bertz CT molecular complexity index is 532. The molecule has 1 heterocycles. The number of rotatable bonds is 6. The first-order valence-corrected chi connectivity index (χ1v) is 11.4. The molecule has 1 atom stereocenters. The van der Waals surface area contributed by atoms with E-state index in [1.165, 1.54) is 11.8 Å². The molecule has 0 spiro atoms. The number of nitrogens with zero attached hydrogens (tertiary/aromatic N) is 2. The van der Waals surface area contributed by atoms with Gasteiger partial charge in [0.25, 0.3) is 0 Å². The lowest BCUT2D eigenvalue weighted by Gasteiger charge is -2.25. The summed E-state index contributed by atoms with van der Waals surface area (Å²) in [4.78, 5) is 12.1. The highest BCUT2D eigenvalue weighted by atomic mass is 33.5. The third-order valence-electron chi connectivity index (χ3n) is 2.47. The van der Waals surface area contributed by atoms with Crippen molar-refractivity contribution >= 4 is 58.0 Å². The molecule has 20 heavy (non-hydrogen) atoms. The molecule has 1 aliphatic heterocycles. The lowest BCUT2D eigenvalue weighted by Crippen LogP contribution is -2.06. The van der Waals surface area contributed by atoms with Crippen LogP contribution in [0.5, 0.6) is 0 Å². The van der Waals surface area contributed by atoms with E-state index in [9.17, 15) is 4.79 Å². The molecule has 0 saturated heterocycles. The molecule has 0 saturated carbocycles. The number of hydrogen-bond donors (Lipinski definition) is 1. The molecule has 7 heteroatoms. The summed E-state index contributed by atoms with van der Waals surface area (Å²) in [7, 11) is 0.373. The number of carbonyl (C=O) groups excluding carboxylic acids is 1. The number of thiol groups is 1. The zero-order chi connectivity index (χ0) is 14.4. The van der Waals surface area contributed by atoms with Crippen LogP contribution in [0.15, 0.2) is 40.5 Å². The Kier molecular flexibility index (Phi) is 6.07. The van der Waals surface area contributed by atoms with E-state index in [-0.39, 0.29) is 5.78 Å². The fourth-order valence-corrected chi connectivity index (χ4v) is 8.21. The van der Waals surface area contributed by atoms with E-state index in [1.54, 1.807) is 10.8 Å². The third-order valence-corrected chi connectivity index (χ3v) is 11.0. The van der Waals surface area contributed by atoms with E-state index in [0.29, 0.717) is 5.75 Å². The van der Waals surface area contributed by atoms with Gasteiger partial charge in [-0.3, -0.25) is 4.79 Å². The van der Waals surface area contributed by atoms with Gasteiger partial charge in [-0.1, -0.05) is 67.9 Å². The number of thioether (sulfide) groups is 1. The Balaban J connectivity index is 1.92. The molecule has 0 radical (unpaired) electrons. The van der Waals surface area contributed by atoms with Crippen molar-refractivity contribution in [2.45, 2.75) is 13.3 Å². The van der Waals surface area contributed by atoms with E-state index in [1.807, 2.05) is 35.9 Å². The molecule has 3 nitrogen and oxygen atoms in total.